The molecule has 2 aromatic rings. The van der Waals surface area contributed by atoms with Crippen LogP contribution in [0, 0.1) is 6.92 Å². The van der Waals surface area contributed by atoms with Gasteiger partial charge in [0.05, 0.1) is 4.90 Å². The average molecular weight is 421 g/mol. The maximum absolute atomic E-state index is 12.4. The molecule has 152 valence electrons. The standard InChI is InChI=1S/C21H28N2O3S2/c1-18-10-12-19(13-11-18)17-27-16-14-22-21(24)9-6-15-23(2)28(25,26)20-7-4-3-5-8-20/h3-5,7-8,10-13H,6,9,14-17H2,1-2H3,(H,22,24). The van der Waals surface area contributed by atoms with Gasteiger partial charge in [0.25, 0.3) is 0 Å². The Morgan fingerprint density at radius 3 is 2.43 bits per heavy atom. The maximum Gasteiger partial charge on any atom is 0.242 e. The van der Waals surface area contributed by atoms with E-state index >= 15 is 0 Å². The molecule has 2 rings (SSSR count). The Hall–Kier alpha value is -1.83. The Morgan fingerprint density at radius 1 is 1.07 bits per heavy atom. The van der Waals surface area contributed by atoms with E-state index in [0.717, 1.165) is 11.5 Å². The molecule has 0 atom stereocenters. The van der Waals surface area contributed by atoms with Gasteiger partial charge in [-0.2, -0.15) is 11.8 Å². The molecule has 1 N–H and O–H groups in total. The van der Waals surface area contributed by atoms with Crippen LogP contribution in [0.5, 0.6) is 0 Å². The molecule has 0 aliphatic heterocycles. The van der Waals surface area contributed by atoms with Crippen molar-refractivity contribution in [2.24, 2.45) is 0 Å². The normalized spacial score (nSPS) is 11.5. The minimum Gasteiger partial charge on any atom is -0.355 e. The second-order valence-corrected chi connectivity index (χ2v) is 9.78. The number of thioether (sulfide) groups is 1. The molecule has 1 amide bonds. The Morgan fingerprint density at radius 2 is 1.75 bits per heavy atom. The number of carbonyl (C=O) groups is 1. The van der Waals surface area contributed by atoms with Crippen molar-refractivity contribution in [3.8, 4) is 0 Å². The van der Waals surface area contributed by atoms with Crippen LogP contribution in [0.15, 0.2) is 59.5 Å². The molecule has 0 aliphatic carbocycles. The summed E-state index contributed by atoms with van der Waals surface area (Å²) in [4.78, 5) is 12.2. The highest BCUT2D eigenvalue weighted by Gasteiger charge is 2.19. The van der Waals surface area contributed by atoms with Gasteiger partial charge < -0.3 is 5.32 Å². The summed E-state index contributed by atoms with van der Waals surface area (Å²) in [5.74, 6) is 1.74. The van der Waals surface area contributed by atoms with Gasteiger partial charge in [0.2, 0.25) is 15.9 Å². The van der Waals surface area contributed by atoms with Crippen molar-refractivity contribution < 1.29 is 13.2 Å². The highest BCUT2D eigenvalue weighted by atomic mass is 32.2. The van der Waals surface area contributed by atoms with Crippen molar-refractivity contribution >= 4 is 27.7 Å². The molecule has 5 nitrogen and oxygen atoms in total. The Labute approximate surface area is 172 Å². The average Bonchev–Trinajstić information content (AvgIpc) is 2.69. The van der Waals surface area contributed by atoms with Crippen LogP contribution in [0.2, 0.25) is 0 Å². The van der Waals surface area contributed by atoms with Crippen molar-refractivity contribution in [1.29, 1.82) is 0 Å². The van der Waals surface area contributed by atoms with E-state index in [4.69, 9.17) is 0 Å². The molecule has 28 heavy (non-hydrogen) atoms. The first-order chi connectivity index (χ1) is 13.4. The highest BCUT2D eigenvalue weighted by molar-refractivity contribution is 7.98. The number of benzene rings is 2. The molecule has 2 aromatic carbocycles. The first-order valence-electron chi connectivity index (χ1n) is 9.31. The van der Waals surface area contributed by atoms with Gasteiger partial charge >= 0.3 is 0 Å². The lowest BCUT2D eigenvalue weighted by atomic mass is 10.2. The quantitative estimate of drug-likeness (QED) is 0.566. The van der Waals surface area contributed by atoms with E-state index in [2.05, 4.69) is 36.5 Å². The predicted octanol–water partition coefficient (Wildman–Crippen LogP) is 3.45. The lowest BCUT2D eigenvalue weighted by Crippen LogP contribution is -2.30. The zero-order valence-electron chi connectivity index (χ0n) is 16.4. The van der Waals surface area contributed by atoms with E-state index in [1.165, 1.54) is 15.4 Å². The third kappa shape index (κ3) is 7.30. The Bertz CT molecular complexity index is 838. The van der Waals surface area contributed by atoms with Crippen LogP contribution in [-0.2, 0) is 20.6 Å². The van der Waals surface area contributed by atoms with E-state index in [9.17, 15) is 13.2 Å². The molecular weight excluding hydrogens is 392 g/mol. The number of aryl methyl sites for hydroxylation is 1. The summed E-state index contributed by atoms with van der Waals surface area (Å²) in [7, 11) is -1.95. The SMILES string of the molecule is Cc1ccc(CSCCNC(=O)CCCN(C)S(=O)(=O)c2ccccc2)cc1. The molecule has 0 unspecified atom stereocenters. The summed E-state index contributed by atoms with van der Waals surface area (Å²) < 4.78 is 26.1. The summed E-state index contributed by atoms with van der Waals surface area (Å²) in [6.07, 6.45) is 0.808. The van der Waals surface area contributed by atoms with Crippen LogP contribution in [0.1, 0.15) is 24.0 Å². The van der Waals surface area contributed by atoms with Crippen molar-refractivity contribution in [2.75, 3.05) is 25.9 Å². The zero-order chi connectivity index (χ0) is 20.4. The van der Waals surface area contributed by atoms with Crippen LogP contribution < -0.4 is 5.32 Å². The predicted molar refractivity (Wildman–Crippen MR) is 116 cm³/mol. The lowest BCUT2D eigenvalue weighted by molar-refractivity contribution is -0.121. The summed E-state index contributed by atoms with van der Waals surface area (Å²) in [5.41, 5.74) is 2.54. The fourth-order valence-electron chi connectivity index (χ4n) is 2.58. The van der Waals surface area contributed by atoms with Crippen LogP contribution in [0.3, 0.4) is 0 Å². The maximum atomic E-state index is 12.4. The van der Waals surface area contributed by atoms with E-state index in [1.807, 2.05) is 0 Å². The Kier molecular flexibility index (Phi) is 9.02. The molecule has 0 saturated carbocycles. The molecule has 7 heteroatoms. The van der Waals surface area contributed by atoms with Crippen molar-refractivity contribution in [1.82, 2.24) is 9.62 Å². The number of hydrogen-bond acceptors (Lipinski definition) is 4. The number of amides is 1. The second kappa shape index (κ2) is 11.2. The van der Waals surface area contributed by atoms with Gasteiger partial charge in [-0.05, 0) is 31.0 Å². The molecule has 0 spiro atoms. The van der Waals surface area contributed by atoms with Gasteiger partial charge in [-0.25, -0.2) is 12.7 Å². The second-order valence-electron chi connectivity index (χ2n) is 6.63. The summed E-state index contributed by atoms with van der Waals surface area (Å²) >= 11 is 1.78. The van der Waals surface area contributed by atoms with Crippen molar-refractivity contribution in [3.05, 3.63) is 65.7 Å². The molecular formula is C21H28N2O3S2. The van der Waals surface area contributed by atoms with Gasteiger partial charge in [0, 0.05) is 38.1 Å². The minimum absolute atomic E-state index is 0.0403. The smallest absolute Gasteiger partial charge is 0.242 e. The van der Waals surface area contributed by atoms with Crippen LogP contribution in [0.4, 0.5) is 0 Å². The van der Waals surface area contributed by atoms with Crippen LogP contribution >= 0.6 is 11.8 Å². The number of hydrogen-bond donors (Lipinski definition) is 1. The Balaban J connectivity index is 1.60. The fourth-order valence-corrected chi connectivity index (χ4v) is 4.63. The van der Waals surface area contributed by atoms with E-state index in [0.29, 0.717) is 25.9 Å². The van der Waals surface area contributed by atoms with Gasteiger partial charge in [0.1, 0.15) is 0 Å². The molecule has 0 radical (unpaired) electrons. The largest absolute Gasteiger partial charge is 0.355 e. The van der Waals surface area contributed by atoms with Crippen LogP contribution in [0.25, 0.3) is 0 Å². The van der Waals surface area contributed by atoms with Crippen molar-refractivity contribution in [2.45, 2.75) is 30.4 Å². The molecule has 0 heterocycles. The first-order valence-corrected chi connectivity index (χ1v) is 11.9. The highest BCUT2D eigenvalue weighted by Crippen LogP contribution is 2.14. The van der Waals surface area contributed by atoms with Crippen molar-refractivity contribution in [3.63, 3.8) is 0 Å². The first kappa shape index (κ1) is 22.5. The van der Waals surface area contributed by atoms with E-state index < -0.39 is 10.0 Å². The van der Waals surface area contributed by atoms with E-state index in [-0.39, 0.29) is 10.8 Å². The van der Waals surface area contributed by atoms with Crippen LogP contribution in [-0.4, -0.2) is 44.5 Å². The van der Waals surface area contributed by atoms with Gasteiger partial charge in [-0.1, -0.05) is 48.0 Å². The number of rotatable bonds is 11. The lowest BCUT2D eigenvalue weighted by Gasteiger charge is -2.17. The fraction of sp³-hybridized carbons (Fsp3) is 0.381. The molecule has 0 fully saturated rings. The van der Waals surface area contributed by atoms with Gasteiger partial charge in [-0.3, -0.25) is 4.79 Å². The number of sulfonamides is 1. The molecule has 0 aliphatic rings. The topological polar surface area (TPSA) is 66.5 Å². The summed E-state index contributed by atoms with van der Waals surface area (Å²) in [5, 5.41) is 2.89. The van der Waals surface area contributed by atoms with Gasteiger partial charge in [-0.15, -0.1) is 0 Å². The molecule has 0 saturated heterocycles. The monoisotopic (exact) mass is 420 g/mol. The number of nitrogens with one attached hydrogen (secondary N) is 1. The van der Waals surface area contributed by atoms with Gasteiger partial charge in [0.15, 0.2) is 0 Å². The third-order valence-corrected chi connectivity index (χ3v) is 7.19. The van der Waals surface area contributed by atoms with E-state index in [1.54, 1.807) is 49.1 Å². The number of carbonyl (C=O) groups excluding carboxylic acids is 1. The third-order valence-electron chi connectivity index (χ3n) is 4.29. The zero-order valence-corrected chi connectivity index (χ0v) is 18.1. The minimum atomic E-state index is -3.49. The molecule has 0 aromatic heterocycles. The number of nitrogens with zero attached hydrogens (tertiary/aromatic N) is 1. The summed E-state index contributed by atoms with van der Waals surface area (Å²) in [6.45, 7) is 3.00. The summed E-state index contributed by atoms with van der Waals surface area (Å²) in [6, 6.07) is 16.8. The molecule has 0 bridgehead atoms.